The SMILES string of the molecule is c1ccc(OCCOCCN2CCC[C@@H]2c2ccsc2)cc1. The summed E-state index contributed by atoms with van der Waals surface area (Å²) in [6.45, 7) is 4.22. The second kappa shape index (κ2) is 8.32. The Labute approximate surface area is 136 Å². The van der Waals surface area contributed by atoms with Crippen molar-refractivity contribution in [3.63, 3.8) is 0 Å². The minimum atomic E-state index is 0.593. The molecule has 3 rings (SSSR count). The van der Waals surface area contributed by atoms with Crippen LogP contribution in [0, 0.1) is 0 Å². The highest BCUT2D eigenvalue weighted by molar-refractivity contribution is 7.07. The molecule has 3 nitrogen and oxygen atoms in total. The second-order valence-corrected chi connectivity index (χ2v) is 6.30. The van der Waals surface area contributed by atoms with Crippen LogP contribution in [0.15, 0.2) is 47.2 Å². The van der Waals surface area contributed by atoms with E-state index in [-0.39, 0.29) is 0 Å². The van der Waals surface area contributed by atoms with Crippen molar-refractivity contribution in [1.29, 1.82) is 0 Å². The van der Waals surface area contributed by atoms with Crippen molar-refractivity contribution in [2.45, 2.75) is 18.9 Å². The van der Waals surface area contributed by atoms with Crippen molar-refractivity contribution >= 4 is 11.3 Å². The predicted molar refractivity (Wildman–Crippen MR) is 90.6 cm³/mol. The molecule has 0 saturated carbocycles. The topological polar surface area (TPSA) is 21.7 Å². The molecule has 0 unspecified atom stereocenters. The number of ether oxygens (including phenoxy) is 2. The van der Waals surface area contributed by atoms with E-state index in [1.807, 2.05) is 30.3 Å². The summed E-state index contributed by atoms with van der Waals surface area (Å²) in [4.78, 5) is 2.54. The van der Waals surface area contributed by atoms with Gasteiger partial charge in [0.15, 0.2) is 0 Å². The molecule has 0 spiro atoms. The first-order valence-electron chi connectivity index (χ1n) is 7.95. The van der Waals surface area contributed by atoms with Crippen molar-refractivity contribution < 1.29 is 9.47 Å². The Morgan fingerprint density at radius 1 is 1.09 bits per heavy atom. The largest absolute Gasteiger partial charge is 0.491 e. The third-order valence-electron chi connectivity index (χ3n) is 4.05. The molecule has 1 aliphatic heterocycles. The first-order valence-corrected chi connectivity index (χ1v) is 8.89. The molecule has 1 saturated heterocycles. The fourth-order valence-corrected chi connectivity index (χ4v) is 3.66. The average Bonchev–Trinajstić information content (AvgIpc) is 3.22. The van der Waals surface area contributed by atoms with E-state index in [9.17, 15) is 0 Å². The van der Waals surface area contributed by atoms with Gasteiger partial charge in [-0.1, -0.05) is 18.2 Å². The van der Waals surface area contributed by atoms with Crippen LogP contribution in [0.25, 0.3) is 0 Å². The lowest BCUT2D eigenvalue weighted by Crippen LogP contribution is -2.27. The second-order valence-electron chi connectivity index (χ2n) is 5.52. The smallest absolute Gasteiger partial charge is 0.119 e. The van der Waals surface area contributed by atoms with Gasteiger partial charge in [0.2, 0.25) is 0 Å². The average molecular weight is 317 g/mol. The molecular formula is C18H23NO2S. The minimum Gasteiger partial charge on any atom is -0.491 e. The molecule has 1 aliphatic rings. The molecular weight excluding hydrogens is 294 g/mol. The van der Waals surface area contributed by atoms with E-state index < -0.39 is 0 Å². The standard InChI is InChI=1S/C18H23NO2S/c1-2-5-17(6-3-1)21-13-12-20-11-10-19-9-4-7-18(19)16-8-14-22-15-16/h1-3,5-6,8,14-15,18H,4,7,9-13H2/t18-/m1/s1. The molecule has 0 bridgehead atoms. The Balaban J connectivity index is 1.31. The summed E-state index contributed by atoms with van der Waals surface area (Å²) in [5, 5.41) is 4.45. The van der Waals surface area contributed by atoms with E-state index in [1.165, 1.54) is 24.9 Å². The van der Waals surface area contributed by atoms with Crippen LogP contribution in [0.4, 0.5) is 0 Å². The first kappa shape index (κ1) is 15.5. The number of likely N-dealkylation sites (tertiary alicyclic amines) is 1. The number of nitrogens with zero attached hydrogens (tertiary/aromatic N) is 1. The summed E-state index contributed by atoms with van der Waals surface area (Å²) in [5.74, 6) is 0.906. The summed E-state index contributed by atoms with van der Waals surface area (Å²) in [6.07, 6.45) is 2.56. The van der Waals surface area contributed by atoms with Crippen LogP contribution in [0.3, 0.4) is 0 Å². The Kier molecular flexibility index (Phi) is 5.87. The van der Waals surface area contributed by atoms with Gasteiger partial charge in [-0.05, 0) is 53.9 Å². The van der Waals surface area contributed by atoms with Crippen LogP contribution in [0.2, 0.25) is 0 Å². The molecule has 2 aromatic rings. The van der Waals surface area contributed by atoms with E-state index >= 15 is 0 Å². The van der Waals surface area contributed by atoms with Gasteiger partial charge in [-0.3, -0.25) is 4.90 Å². The lowest BCUT2D eigenvalue weighted by atomic mass is 10.1. The molecule has 0 radical (unpaired) electrons. The van der Waals surface area contributed by atoms with Crippen molar-refractivity contribution in [3.05, 3.63) is 52.7 Å². The van der Waals surface area contributed by atoms with Crippen LogP contribution >= 0.6 is 11.3 Å². The minimum absolute atomic E-state index is 0.593. The van der Waals surface area contributed by atoms with Crippen LogP contribution < -0.4 is 4.74 Å². The highest BCUT2D eigenvalue weighted by Gasteiger charge is 2.25. The fourth-order valence-electron chi connectivity index (χ4n) is 2.95. The Hall–Kier alpha value is -1.36. The number of rotatable bonds is 8. The highest BCUT2D eigenvalue weighted by Crippen LogP contribution is 2.32. The normalized spacial score (nSPS) is 18.6. The third-order valence-corrected chi connectivity index (χ3v) is 4.76. The summed E-state index contributed by atoms with van der Waals surface area (Å²) >= 11 is 1.79. The Morgan fingerprint density at radius 2 is 2.00 bits per heavy atom. The van der Waals surface area contributed by atoms with E-state index in [2.05, 4.69) is 21.7 Å². The van der Waals surface area contributed by atoms with Gasteiger partial charge in [0, 0.05) is 12.6 Å². The molecule has 0 N–H and O–H groups in total. The number of para-hydroxylation sites is 1. The molecule has 118 valence electrons. The van der Waals surface area contributed by atoms with Crippen LogP contribution in [-0.4, -0.2) is 37.8 Å². The summed E-state index contributed by atoms with van der Waals surface area (Å²) < 4.78 is 11.3. The maximum atomic E-state index is 5.72. The molecule has 1 aromatic carbocycles. The van der Waals surface area contributed by atoms with Gasteiger partial charge in [0.25, 0.3) is 0 Å². The van der Waals surface area contributed by atoms with Gasteiger partial charge >= 0.3 is 0 Å². The van der Waals surface area contributed by atoms with Gasteiger partial charge in [0.1, 0.15) is 12.4 Å². The summed E-state index contributed by atoms with van der Waals surface area (Å²) in [7, 11) is 0. The van der Waals surface area contributed by atoms with E-state index in [4.69, 9.17) is 9.47 Å². The molecule has 1 fully saturated rings. The lowest BCUT2D eigenvalue weighted by Gasteiger charge is -2.23. The summed E-state index contributed by atoms with van der Waals surface area (Å²) in [6, 6.07) is 12.7. The molecule has 0 aliphatic carbocycles. The van der Waals surface area contributed by atoms with Gasteiger partial charge in [-0.15, -0.1) is 0 Å². The maximum absolute atomic E-state index is 5.72. The zero-order valence-corrected chi connectivity index (χ0v) is 13.6. The molecule has 22 heavy (non-hydrogen) atoms. The van der Waals surface area contributed by atoms with E-state index in [0.717, 1.165) is 18.9 Å². The lowest BCUT2D eigenvalue weighted by molar-refractivity contribution is 0.0767. The molecule has 1 aromatic heterocycles. The highest BCUT2D eigenvalue weighted by atomic mass is 32.1. The zero-order valence-electron chi connectivity index (χ0n) is 12.8. The number of hydrogen-bond donors (Lipinski definition) is 0. The third kappa shape index (κ3) is 4.32. The van der Waals surface area contributed by atoms with Gasteiger partial charge in [-0.2, -0.15) is 11.3 Å². The number of thiophene rings is 1. The molecule has 1 atom stereocenters. The predicted octanol–water partition coefficient (Wildman–Crippen LogP) is 3.98. The van der Waals surface area contributed by atoms with Crippen molar-refractivity contribution in [2.75, 3.05) is 32.9 Å². The van der Waals surface area contributed by atoms with Crippen LogP contribution in [0.5, 0.6) is 5.75 Å². The van der Waals surface area contributed by atoms with Crippen LogP contribution in [0.1, 0.15) is 24.4 Å². The van der Waals surface area contributed by atoms with Crippen LogP contribution in [-0.2, 0) is 4.74 Å². The number of hydrogen-bond acceptors (Lipinski definition) is 4. The molecule has 2 heterocycles. The van der Waals surface area contributed by atoms with E-state index in [1.54, 1.807) is 11.3 Å². The first-order chi connectivity index (χ1) is 10.9. The molecule has 4 heteroatoms. The fraction of sp³-hybridized carbons (Fsp3) is 0.444. The molecule has 0 amide bonds. The van der Waals surface area contributed by atoms with Crippen molar-refractivity contribution in [1.82, 2.24) is 4.90 Å². The van der Waals surface area contributed by atoms with E-state index in [0.29, 0.717) is 19.3 Å². The maximum Gasteiger partial charge on any atom is 0.119 e. The van der Waals surface area contributed by atoms with Gasteiger partial charge < -0.3 is 9.47 Å². The zero-order chi connectivity index (χ0) is 15.0. The van der Waals surface area contributed by atoms with Gasteiger partial charge in [0.05, 0.1) is 13.2 Å². The monoisotopic (exact) mass is 317 g/mol. The Morgan fingerprint density at radius 3 is 2.82 bits per heavy atom. The number of benzene rings is 1. The summed E-state index contributed by atoms with van der Waals surface area (Å²) in [5.41, 5.74) is 1.47. The van der Waals surface area contributed by atoms with Crippen molar-refractivity contribution in [2.24, 2.45) is 0 Å². The van der Waals surface area contributed by atoms with Crippen molar-refractivity contribution in [3.8, 4) is 5.75 Å². The van der Waals surface area contributed by atoms with Gasteiger partial charge in [-0.25, -0.2) is 0 Å². The quantitative estimate of drug-likeness (QED) is 0.687. The Bertz CT molecular complexity index is 529.